The average Bonchev–Trinajstić information content (AvgIpc) is 2.72. The largest absolute Gasteiger partial charge is 0.307 e. The minimum absolute atomic E-state index is 0.130. The van der Waals surface area contributed by atoms with E-state index in [9.17, 15) is 22.4 Å². The van der Waals surface area contributed by atoms with Crippen LogP contribution in [-0.4, -0.2) is 36.9 Å². The fourth-order valence-corrected chi connectivity index (χ4v) is 4.38. The first-order chi connectivity index (χ1) is 14.7. The second kappa shape index (κ2) is 7.73. The number of halogens is 1. The molecule has 1 aliphatic rings. The molecule has 2 aromatic carbocycles. The van der Waals surface area contributed by atoms with Gasteiger partial charge in [0, 0.05) is 30.2 Å². The Morgan fingerprint density at radius 2 is 1.84 bits per heavy atom. The molecule has 0 unspecified atom stereocenters. The quantitative estimate of drug-likeness (QED) is 0.624. The minimum Gasteiger partial charge on any atom is -0.307 e. The van der Waals surface area contributed by atoms with Crippen molar-refractivity contribution in [1.82, 2.24) is 9.78 Å². The summed E-state index contributed by atoms with van der Waals surface area (Å²) in [5, 5.41) is 4.18. The van der Waals surface area contributed by atoms with Gasteiger partial charge in [-0.3, -0.25) is 9.59 Å². The fraction of sp³-hybridized carbons (Fsp3) is 0.227. The lowest BCUT2D eigenvalue weighted by Crippen LogP contribution is -2.39. The average molecular weight is 441 g/mol. The van der Waals surface area contributed by atoms with Gasteiger partial charge in [0.05, 0.1) is 4.90 Å². The Morgan fingerprint density at radius 1 is 1.10 bits per heavy atom. The van der Waals surface area contributed by atoms with Crippen LogP contribution in [0.15, 0.2) is 58.2 Å². The van der Waals surface area contributed by atoms with Crippen molar-refractivity contribution in [2.75, 3.05) is 17.7 Å². The van der Waals surface area contributed by atoms with Crippen molar-refractivity contribution in [1.29, 1.82) is 0 Å². The van der Waals surface area contributed by atoms with Crippen molar-refractivity contribution < 1.29 is 17.6 Å². The number of para-hydroxylation sites is 1. The molecule has 0 bridgehead atoms. The first-order valence-corrected chi connectivity index (χ1v) is 11.6. The highest BCUT2D eigenvalue weighted by Crippen LogP contribution is 2.30. The van der Waals surface area contributed by atoms with Gasteiger partial charge in [-0.25, -0.2) is 17.5 Å². The number of hydrogen-bond donors (Lipinski definition) is 0. The molecule has 1 aliphatic heterocycles. The number of aryl methyl sites for hydroxylation is 2. The standard InChI is InChI=1S/C22H20FN3O4S/c1-14-12-20(27)21(24-26(14)19-8-4-3-7-17(19)23)22(28)25-11-5-6-15-13-16(31(2,29)30)9-10-18(15)25/h3-4,7-10,12-13H,5-6,11H2,1-2H3. The van der Waals surface area contributed by atoms with Gasteiger partial charge >= 0.3 is 0 Å². The molecule has 3 aromatic rings. The van der Waals surface area contributed by atoms with E-state index in [-0.39, 0.29) is 16.3 Å². The van der Waals surface area contributed by atoms with E-state index in [4.69, 9.17) is 0 Å². The Bertz CT molecular complexity index is 1370. The summed E-state index contributed by atoms with van der Waals surface area (Å²) in [7, 11) is -3.38. The van der Waals surface area contributed by atoms with Crippen LogP contribution in [-0.2, 0) is 16.3 Å². The Kier molecular flexibility index (Phi) is 5.22. The van der Waals surface area contributed by atoms with Gasteiger partial charge in [0.15, 0.2) is 15.5 Å². The van der Waals surface area contributed by atoms with Crippen LogP contribution in [0.25, 0.3) is 5.69 Å². The maximum Gasteiger partial charge on any atom is 0.282 e. The summed E-state index contributed by atoms with van der Waals surface area (Å²) in [6, 6.07) is 11.8. The number of aromatic nitrogens is 2. The number of anilines is 1. The van der Waals surface area contributed by atoms with E-state index in [1.54, 1.807) is 25.1 Å². The van der Waals surface area contributed by atoms with Gasteiger partial charge in [0.1, 0.15) is 11.5 Å². The number of rotatable bonds is 3. The van der Waals surface area contributed by atoms with Gasteiger partial charge in [-0.2, -0.15) is 5.10 Å². The first kappa shape index (κ1) is 20.9. The maximum absolute atomic E-state index is 14.3. The zero-order valence-electron chi connectivity index (χ0n) is 17.0. The molecule has 1 amide bonds. The number of benzene rings is 2. The van der Waals surface area contributed by atoms with Crippen LogP contribution in [0.2, 0.25) is 0 Å². The van der Waals surface area contributed by atoms with E-state index >= 15 is 0 Å². The van der Waals surface area contributed by atoms with E-state index in [0.717, 1.165) is 6.26 Å². The summed E-state index contributed by atoms with van der Waals surface area (Å²) < 4.78 is 39.3. The molecule has 2 heterocycles. The topological polar surface area (TPSA) is 89.3 Å². The second-order valence-corrected chi connectivity index (χ2v) is 9.50. The van der Waals surface area contributed by atoms with Gasteiger partial charge < -0.3 is 4.90 Å². The van der Waals surface area contributed by atoms with Crippen molar-refractivity contribution in [2.45, 2.75) is 24.7 Å². The molecule has 0 spiro atoms. The van der Waals surface area contributed by atoms with Gasteiger partial charge in [0.25, 0.3) is 5.91 Å². The van der Waals surface area contributed by atoms with Crippen LogP contribution in [0, 0.1) is 12.7 Å². The molecule has 9 heteroatoms. The molecule has 0 radical (unpaired) electrons. The minimum atomic E-state index is -3.38. The molecular formula is C22H20FN3O4S. The van der Waals surface area contributed by atoms with Crippen molar-refractivity contribution in [2.24, 2.45) is 0 Å². The Labute approximate surface area is 178 Å². The predicted octanol–water partition coefficient (Wildman–Crippen LogP) is 2.68. The first-order valence-electron chi connectivity index (χ1n) is 9.67. The van der Waals surface area contributed by atoms with Gasteiger partial charge in [0.2, 0.25) is 5.43 Å². The normalized spacial score (nSPS) is 13.7. The zero-order valence-corrected chi connectivity index (χ0v) is 17.8. The number of carbonyl (C=O) groups is 1. The monoisotopic (exact) mass is 441 g/mol. The molecule has 31 heavy (non-hydrogen) atoms. The molecule has 0 fully saturated rings. The Balaban J connectivity index is 1.79. The third kappa shape index (κ3) is 3.88. The van der Waals surface area contributed by atoms with E-state index in [0.29, 0.717) is 36.3 Å². The van der Waals surface area contributed by atoms with Crippen molar-refractivity contribution >= 4 is 21.4 Å². The molecule has 4 rings (SSSR count). The fourth-order valence-electron chi connectivity index (χ4n) is 3.71. The number of nitrogens with zero attached hydrogens (tertiary/aromatic N) is 3. The number of hydrogen-bond acceptors (Lipinski definition) is 5. The summed E-state index contributed by atoms with van der Waals surface area (Å²) >= 11 is 0. The molecular weight excluding hydrogens is 421 g/mol. The Hall–Kier alpha value is -3.33. The molecule has 0 saturated carbocycles. The summed E-state index contributed by atoms with van der Waals surface area (Å²) in [6.45, 7) is 1.97. The second-order valence-electron chi connectivity index (χ2n) is 7.48. The van der Waals surface area contributed by atoms with Crippen LogP contribution in [0.1, 0.15) is 28.2 Å². The van der Waals surface area contributed by atoms with E-state index in [2.05, 4.69) is 5.10 Å². The number of amides is 1. The molecule has 1 aromatic heterocycles. The highest BCUT2D eigenvalue weighted by Gasteiger charge is 2.28. The number of carbonyl (C=O) groups excluding carboxylic acids is 1. The highest BCUT2D eigenvalue weighted by molar-refractivity contribution is 7.90. The van der Waals surface area contributed by atoms with Crippen molar-refractivity contribution in [3.8, 4) is 5.69 Å². The molecule has 0 N–H and O–H groups in total. The summed E-state index contributed by atoms with van der Waals surface area (Å²) in [4.78, 5) is 27.5. The van der Waals surface area contributed by atoms with E-state index < -0.39 is 27.0 Å². The molecule has 7 nitrogen and oxygen atoms in total. The molecule has 160 valence electrons. The van der Waals surface area contributed by atoms with Gasteiger partial charge in [-0.05, 0) is 55.7 Å². The van der Waals surface area contributed by atoms with Crippen molar-refractivity contribution in [3.63, 3.8) is 0 Å². The van der Waals surface area contributed by atoms with Gasteiger partial charge in [-0.1, -0.05) is 12.1 Å². The van der Waals surface area contributed by atoms with Crippen LogP contribution in [0.3, 0.4) is 0 Å². The molecule has 0 aliphatic carbocycles. The van der Waals surface area contributed by atoms with Crippen LogP contribution < -0.4 is 10.3 Å². The lowest BCUT2D eigenvalue weighted by Gasteiger charge is -2.29. The molecule has 0 saturated heterocycles. The SMILES string of the molecule is Cc1cc(=O)c(C(=O)N2CCCc3cc(S(C)(=O)=O)ccc32)nn1-c1ccccc1F. The lowest BCUT2D eigenvalue weighted by atomic mass is 10.0. The number of fused-ring (bicyclic) bond motifs is 1. The van der Waals surface area contributed by atoms with Crippen LogP contribution in [0.4, 0.5) is 10.1 Å². The third-order valence-electron chi connectivity index (χ3n) is 5.23. The van der Waals surface area contributed by atoms with E-state index in [1.807, 2.05) is 0 Å². The Morgan fingerprint density at radius 3 is 2.55 bits per heavy atom. The highest BCUT2D eigenvalue weighted by atomic mass is 32.2. The van der Waals surface area contributed by atoms with Gasteiger partial charge in [-0.15, -0.1) is 0 Å². The van der Waals surface area contributed by atoms with Crippen LogP contribution >= 0.6 is 0 Å². The number of sulfone groups is 1. The summed E-state index contributed by atoms with van der Waals surface area (Å²) in [5.74, 6) is -1.14. The predicted molar refractivity (Wildman–Crippen MR) is 114 cm³/mol. The van der Waals surface area contributed by atoms with Crippen molar-refractivity contribution in [3.05, 3.63) is 81.5 Å². The van der Waals surface area contributed by atoms with E-state index in [1.165, 1.54) is 39.9 Å². The lowest BCUT2D eigenvalue weighted by molar-refractivity contribution is 0.0977. The third-order valence-corrected chi connectivity index (χ3v) is 6.34. The van der Waals surface area contributed by atoms with Crippen LogP contribution in [0.5, 0.6) is 0 Å². The maximum atomic E-state index is 14.3. The smallest absolute Gasteiger partial charge is 0.282 e. The molecule has 0 atom stereocenters. The summed E-state index contributed by atoms with van der Waals surface area (Å²) in [6.07, 6.45) is 2.35. The zero-order chi connectivity index (χ0) is 22.3. The summed E-state index contributed by atoms with van der Waals surface area (Å²) in [5.41, 5.74) is 0.894.